The van der Waals surface area contributed by atoms with Crippen molar-refractivity contribution in [3.8, 4) is 0 Å². The third-order valence-corrected chi connectivity index (χ3v) is 4.28. The van der Waals surface area contributed by atoms with Crippen molar-refractivity contribution in [1.82, 2.24) is 0 Å². The monoisotopic (exact) mass is 241 g/mol. The van der Waals surface area contributed by atoms with Crippen LogP contribution in [0.2, 0.25) is 0 Å². The molecule has 0 radical (unpaired) electrons. The molecule has 0 aromatic heterocycles. The summed E-state index contributed by atoms with van der Waals surface area (Å²) in [6.07, 6.45) is 5.32. The second-order valence-electron chi connectivity index (χ2n) is 3.59. The Labute approximate surface area is 101 Å². The van der Waals surface area contributed by atoms with Crippen LogP contribution in [0.3, 0.4) is 0 Å². The van der Waals surface area contributed by atoms with Crippen LogP contribution in [-0.4, -0.2) is 19.1 Å². The summed E-state index contributed by atoms with van der Waals surface area (Å²) in [6.45, 7) is 3.01. The third kappa shape index (κ3) is 3.44. The predicted octanol–water partition coefficient (Wildman–Crippen LogP) is 3.58. The maximum absolute atomic E-state index is 5.58. The molecule has 0 saturated carbocycles. The molecule has 0 aliphatic rings. The summed E-state index contributed by atoms with van der Waals surface area (Å²) in [5.74, 6) is 0.566. The van der Waals surface area contributed by atoms with E-state index in [-0.39, 0.29) is 0 Å². The van der Waals surface area contributed by atoms with Gasteiger partial charge < -0.3 is 5.73 Å². The SMILES string of the molecule is CSc1ccc(C(C)CCN)cc1SC. The van der Waals surface area contributed by atoms with Gasteiger partial charge in [-0.15, -0.1) is 23.5 Å². The van der Waals surface area contributed by atoms with Gasteiger partial charge in [-0.05, 0) is 49.1 Å². The van der Waals surface area contributed by atoms with Crippen LogP contribution < -0.4 is 5.73 Å². The first-order chi connectivity index (χ1) is 7.22. The van der Waals surface area contributed by atoms with E-state index in [0.29, 0.717) is 5.92 Å². The molecule has 1 nitrogen and oxygen atoms in total. The van der Waals surface area contributed by atoms with E-state index in [2.05, 4.69) is 37.6 Å². The van der Waals surface area contributed by atoms with E-state index in [9.17, 15) is 0 Å². The number of thioether (sulfide) groups is 2. The fourth-order valence-corrected chi connectivity index (χ4v) is 3.06. The molecule has 1 rings (SSSR count). The van der Waals surface area contributed by atoms with Gasteiger partial charge in [0.2, 0.25) is 0 Å². The van der Waals surface area contributed by atoms with Gasteiger partial charge in [-0.3, -0.25) is 0 Å². The van der Waals surface area contributed by atoms with E-state index in [0.717, 1.165) is 13.0 Å². The zero-order valence-corrected chi connectivity index (χ0v) is 11.3. The van der Waals surface area contributed by atoms with Crippen molar-refractivity contribution in [2.45, 2.75) is 29.1 Å². The molecule has 0 bridgehead atoms. The fraction of sp³-hybridized carbons (Fsp3) is 0.500. The lowest BCUT2D eigenvalue weighted by Gasteiger charge is -2.13. The molecule has 84 valence electrons. The second kappa shape index (κ2) is 6.46. The number of rotatable bonds is 5. The van der Waals surface area contributed by atoms with Crippen molar-refractivity contribution in [3.05, 3.63) is 23.8 Å². The lowest BCUT2D eigenvalue weighted by molar-refractivity contribution is 0.687. The Morgan fingerprint density at radius 3 is 2.40 bits per heavy atom. The summed E-state index contributed by atoms with van der Waals surface area (Å²) in [5.41, 5.74) is 6.99. The summed E-state index contributed by atoms with van der Waals surface area (Å²) in [6, 6.07) is 6.75. The molecule has 1 aromatic rings. The van der Waals surface area contributed by atoms with Gasteiger partial charge in [0.1, 0.15) is 0 Å². The quantitative estimate of drug-likeness (QED) is 0.798. The number of nitrogens with two attached hydrogens (primary N) is 1. The Morgan fingerprint density at radius 2 is 1.87 bits per heavy atom. The molecule has 15 heavy (non-hydrogen) atoms. The molecule has 0 saturated heterocycles. The predicted molar refractivity (Wildman–Crippen MR) is 72.1 cm³/mol. The molecule has 0 amide bonds. The average molecular weight is 241 g/mol. The Balaban J connectivity index is 2.92. The lowest BCUT2D eigenvalue weighted by atomic mass is 9.98. The van der Waals surface area contributed by atoms with Gasteiger partial charge in [-0.1, -0.05) is 13.0 Å². The highest BCUT2D eigenvalue weighted by atomic mass is 32.2. The molecule has 1 atom stereocenters. The first kappa shape index (κ1) is 12.9. The van der Waals surface area contributed by atoms with Crippen LogP contribution in [0.1, 0.15) is 24.8 Å². The van der Waals surface area contributed by atoms with Gasteiger partial charge in [0, 0.05) is 9.79 Å². The Morgan fingerprint density at radius 1 is 1.20 bits per heavy atom. The van der Waals surface area contributed by atoms with Gasteiger partial charge >= 0.3 is 0 Å². The molecular weight excluding hydrogens is 222 g/mol. The van der Waals surface area contributed by atoms with E-state index >= 15 is 0 Å². The first-order valence-corrected chi connectivity index (χ1v) is 7.59. The van der Waals surface area contributed by atoms with E-state index in [1.54, 1.807) is 0 Å². The minimum atomic E-state index is 0.566. The molecular formula is C12H19NS2. The van der Waals surface area contributed by atoms with Crippen LogP contribution in [-0.2, 0) is 0 Å². The van der Waals surface area contributed by atoms with Crippen LogP contribution in [0.4, 0.5) is 0 Å². The number of hydrogen-bond acceptors (Lipinski definition) is 3. The van der Waals surface area contributed by atoms with Gasteiger partial charge in [0.05, 0.1) is 0 Å². The highest BCUT2D eigenvalue weighted by Gasteiger charge is 2.07. The van der Waals surface area contributed by atoms with Crippen molar-refractivity contribution < 1.29 is 0 Å². The van der Waals surface area contributed by atoms with Crippen LogP contribution >= 0.6 is 23.5 Å². The summed E-state index contributed by atoms with van der Waals surface area (Å²) < 4.78 is 0. The highest BCUT2D eigenvalue weighted by Crippen LogP contribution is 2.31. The van der Waals surface area contributed by atoms with Crippen molar-refractivity contribution in [2.75, 3.05) is 19.1 Å². The summed E-state index contributed by atoms with van der Waals surface area (Å²) in [5, 5.41) is 0. The second-order valence-corrected chi connectivity index (χ2v) is 5.29. The average Bonchev–Trinajstić information content (AvgIpc) is 2.28. The van der Waals surface area contributed by atoms with E-state index < -0.39 is 0 Å². The van der Waals surface area contributed by atoms with Crippen LogP contribution in [0.5, 0.6) is 0 Å². The third-order valence-electron chi connectivity index (χ3n) is 2.58. The van der Waals surface area contributed by atoms with Gasteiger partial charge in [-0.2, -0.15) is 0 Å². The molecule has 0 fully saturated rings. The van der Waals surface area contributed by atoms with E-state index in [4.69, 9.17) is 5.73 Å². The lowest BCUT2D eigenvalue weighted by Crippen LogP contribution is -2.04. The molecule has 0 heterocycles. The molecule has 3 heteroatoms. The summed E-state index contributed by atoms with van der Waals surface area (Å²) in [4.78, 5) is 2.75. The number of hydrogen-bond donors (Lipinski definition) is 1. The Hall–Kier alpha value is -0.120. The molecule has 0 aliphatic carbocycles. The van der Waals surface area contributed by atoms with Crippen LogP contribution in [0, 0.1) is 0 Å². The first-order valence-electron chi connectivity index (χ1n) is 5.15. The number of benzene rings is 1. The normalized spacial score (nSPS) is 12.8. The summed E-state index contributed by atoms with van der Waals surface area (Å²) >= 11 is 3.63. The minimum absolute atomic E-state index is 0.566. The van der Waals surface area contributed by atoms with E-state index in [1.165, 1.54) is 15.4 Å². The van der Waals surface area contributed by atoms with Crippen molar-refractivity contribution in [2.24, 2.45) is 5.73 Å². The van der Waals surface area contributed by atoms with E-state index in [1.807, 2.05) is 23.5 Å². The van der Waals surface area contributed by atoms with Crippen molar-refractivity contribution in [1.29, 1.82) is 0 Å². The van der Waals surface area contributed by atoms with Gasteiger partial charge in [0.15, 0.2) is 0 Å². The standard InChI is InChI=1S/C12H19NS2/c1-9(6-7-13)10-4-5-11(14-2)12(8-10)15-3/h4-5,8-9H,6-7,13H2,1-3H3. The highest BCUT2D eigenvalue weighted by molar-refractivity contribution is 8.01. The largest absolute Gasteiger partial charge is 0.330 e. The van der Waals surface area contributed by atoms with Crippen molar-refractivity contribution >= 4 is 23.5 Å². The minimum Gasteiger partial charge on any atom is -0.330 e. The maximum atomic E-state index is 5.58. The van der Waals surface area contributed by atoms with Crippen LogP contribution in [0.25, 0.3) is 0 Å². The zero-order chi connectivity index (χ0) is 11.3. The molecule has 1 unspecified atom stereocenters. The molecule has 0 aliphatic heterocycles. The fourth-order valence-electron chi connectivity index (χ4n) is 1.58. The topological polar surface area (TPSA) is 26.0 Å². The van der Waals surface area contributed by atoms with Gasteiger partial charge in [-0.25, -0.2) is 0 Å². The smallest absolute Gasteiger partial charge is 0.0208 e. The maximum Gasteiger partial charge on any atom is 0.0208 e. The zero-order valence-electron chi connectivity index (χ0n) is 9.62. The van der Waals surface area contributed by atoms with Crippen molar-refractivity contribution in [3.63, 3.8) is 0 Å². The molecule has 1 aromatic carbocycles. The summed E-state index contributed by atoms with van der Waals surface area (Å²) in [7, 11) is 0. The Kier molecular flexibility index (Phi) is 5.58. The van der Waals surface area contributed by atoms with Crippen LogP contribution in [0.15, 0.2) is 28.0 Å². The Bertz CT molecular complexity index is 312. The molecule has 2 N–H and O–H groups in total. The van der Waals surface area contributed by atoms with Gasteiger partial charge in [0.25, 0.3) is 0 Å². The molecule has 0 spiro atoms.